The van der Waals surface area contributed by atoms with Crippen LogP contribution in [-0.2, 0) is 9.59 Å². The quantitative estimate of drug-likeness (QED) is 0.198. The molecule has 0 aromatic carbocycles. The molecule has 1 fully saturated rings. The van der Waals surface area contributed by atoms with Crippen molar-refractivity contribution in [1.29, 1.82) is 0 Å². The first-order valence-corrected chi connectivity index (χ1v) is 13.8. The average molecular weight is 437 g/mol. The van der Waals surface area contributed by atoms with Gasteiger partial charge >= 0.3 is 0 Å². The molecule has 1 aliphatic rings. The lowest BCUT2D eigenvalue weighted by Gasteiger charge is -2.15. The van der Waals surface area contributed by atoms with E-state index in [1.807, 2.05) is 0 Å². The second-order valence-corrected chi connectivity index (χ2v) is 9.70. The van der Waals surface area contributed by atoms with E-state index in [-0.39, 0.29) is 17.9 Å². The Kier molecular flexibility index (Phi) is 18.8. The van der Waals surface area contributed by atoms with E-state index in [9.17, 15) is 9.59 Å². The largest absolute Gasteiger partial charge is 0.356 e. The molecule has 2 N–H and O–H groups in total. The lowest BCUT2D eigenvalue weighted by Crippen LogP contribution is -2.35. The zero-order chi connectivity index (χ0) is 22.4. The molecular weight excluding hydrogens is 384 g/mol. The summed E-state index contributed by atoms with van der Waals surface area (Å²) in [5.41, 5.74) is 0. The Morgan fingerprint density at radius 1 is 0.742 bits per heavy atom. The molecule has 0 spiro atoms. The van der Waals surface area contributed by atoms with Crippen molar-refractivity contribution in [2.75, 3.05) is 6.54 Å². The number of carbonyl (C=O) groups excluding carboxylic acids is 2. The SMILES string of the molecule is CCCCCCCCCCCCCCCCCCCCC(=O)NC1CCNC(=O)CC1. The summed E-state index contributed by atoms with van der Waals surface area (Å²) in [5.74, 6) is 0.274. The predicted octanol–water partition coefficient (Wildman–Crippen LogP) is 7.20. The fourth-order valence-corrected chi connectivity index (χ4v) is 4.56. The fourth-order valence-electron chi connectivity index (χ4n) is 4.56. The molecule has 0 aromatic heterocycles. The molecule has 0 aromatic rings. The highest BCUT2D eigenvalue weighted by Crippen LogP contribution is 2.14. The molecule has 4 nitrogen and oxygen atoms in total. The van der Waals surface area contributed by atoms with Crippen LogP contribution in [0.3, 0.4) is 0 Å². The highest BCUT2D eigenvalue weighted by Gasteiger charge is 2.17. The van der Waals surface area contributed by atoms with E-state index in [4.69, 9.17) is 0 Å². The Morgan fingerprint density at radius 3 is 1.68 bits per heavy atom. The van der Waals surface area contributed by atoms with Crippen molar-refractivity contribution in [1.82, 2.24) is 10.6 Å². The minimum absolute atomic E-state index is 0.111. The molecule has 1 atom stereocenters. The molecule has 1 rings (SSSR count). The van der Waals surface area contributed by atoms with Gasteiger partial charge in [-0.25, -0.2) is 0 Å². The minimum Gasteiger partial charge on any atom is -0.356 e. The summed E-state index contributed by atoms with van der Waals surface area (Å²) in [4.78, 5) is 23.4. The van der Waals surface area contributed by atoms with Crippen molar-refractivity contribution in [3.8, 4) is 0 Å². The molecule has 182 valence electrons. The highest BCUT2D eigenvalue weighted by atomic mass is 16.2. The first-order valence-electron chi connectivity index (χ1n) is 13.8. The van der Waals surface area contributed by atoms with Crippen LogP contribution in [0.1, 0.15) is 148 Å². The molecule has 2 amide bonds. The van der Waals surface area contributed by atoms with Crippen molar-refractivity contribution in [3.63, 3.8) is 0 Å². The third-order valence-electron chi connectivity index (χ3n) is 6.66. The van der Waals surface area contributed by atoms with Gasteiger partial charge in [0.25, 0.3) is 0 Å². The van der Waals surface area contributed by atoms with Crippen LogP contribution in [0.4, 0.5) is 0 Å². The van der Waals surface area contributed by atoms with Gasteiger partial charge in [-0.15, -0.1) is 0 Å². The molecule has 0 saturated carbocycles. The van der Waals surface area contributed by atoms with E-state index >= 15 is 0 Å². The van der Waals surface area contributed by atoms with Gasteiger partial charge in [0, 0.05) is 25.4 Å². The molecule has 1 aliphatic heterocycles. The smallest absolute Gasteiger partial charge is 0.220 e. The van der Waals surface area contributed by atoms with Crippen LogP contribution in [-0.4, -0.2) is 24.4 Å². The maximum atomic E-state index is 12.1. The lowest BCUT2D eigenvalue weighted by atomic mass is 10.0. The number of unbranched alkanes of at least 4 members (excludes halogenated alkanes) is 17. The molecule has 4 heteroatoms. The minimum atomic E-state index is 0.111. The Morgan fingerprint density at radius 2 is 1.19 bits per heavy atom. The van der Waals surface area contributed by atoms with E-state index < -0.39 is 0 Å². The molecular formula is C27H52N2O2. The van der Waals surface area contributed by atoms with Gasteiger partial charge in [0.2, 0.25) is 11.8 Å². The van der Waals surface area contributed by atoms with E-state index in [1.165, 1.54) is 103 Å². The average Bonchev–Trinajstić information content (AvgIpc) is 2.96. The number of carbonyl (C=O) groups is 2. The first-order chi connectivity index (χ1) is 15.2. The number of hydrogen-bond acceptors (Lipinski definition) is 2. The molecule has 0 radical (unpaired) electrons. The Labute approximate surface area is 193 Å². The van der Waals surface area contributed by atoms with Gasteiger partial charge in [-0.05, 0) is 19.3 Å². The predicted molar refractivity (Wildman–Crippen MR) is 132 cm³/mol. The van der Waals surface area contributed by atoms with Gasteiger partial charge in [0.15, 0.2) is 0 Å². The molecule has 1 saturated heterocycles. The third-order valence-corrected chi connectivity index (χ3v) is 6.66. The Hall–Kier alpha value is -1.06. The molecule has 31 heavy (non-hydrogen) atoms. The molecule has 1 heterocycles. The van der Waals surface area contributed by atoms with Crippen LogP contribution in [0.15, 0.2) is 0 Å². The normalized spacial score (nSPS) is 16.7. The van der Waals surface area contributed by atoms with Gasteiger partial charge in [0.1, 0.15) is 0 Å². The topological polar surface area (TPSA) is 58.2 Å². The number of hydrogen-bond donors (Lipinski definition) is 2. The van der Waals surface area contributed by atoms with Crippen LogP contribution in [0.2, 0.25) is 0 Å². The number of rotatable bonds is 20. The third kappa shape index (κ3) is 18.2. The maximum Gasteiger partial charge on any atom is 0.220 e. The van der Waals surface area contributed by atoms with Crippen LogP contribution < -0.4 is 10.6 Å². The summed E-state index contributed by atoms with van der Waals surface area (Å²) >= 11 is 0. The summed E-state index contributed by atoms with van der Waals surface area (Å²) in [6, 6.07) is 0.169. The zero-order valence-corrected chi connectivity index (χ0v) is 20.7. The van der Waals surface area contributed by atoms with Crippen LogP contribution in [0, 0.1) is 0 Å². The van der Waals surface area contributed by atoms with Crippen LogP contribution in [0.25, 0.3) is 0 Å². The second-order valence-electron chi connectivity index (χ2n) is 9.70. The van der Waals surface area contributed by atoms with Crippen LogP contribution in [0.5, 0.6) is 0 Å². The second kappa shape index (κ2) is 20.8. The fraction of sp³-hybridized carbons (Fsp3) is 0.926. The van der Waals surface area contributed by atoms with Crippen molar-refractivity contribution >= 4 is 11.8 Å². The van der Waals surface area contributed by atoms with E-state index in [0.717, 1.165) is 25.7 Å². The molecule has 1 unspecified atom stereocenters. The summed E-state index contributed by atoms with van der Waals surface area (Å²) in [6.07, 6.45) is 27.4. The standard InChI is InChI=1S/C27H52N2O2/c1-2-3-4-5-6-7-8-9-10-11-12-13-14-15-16-17-18-19-20-27(31)29-25-21-22-26(30)28-24-23-25/h25H,2-24H2,1H3,(H,28,30)(H,29,31). The van der Waals surface area contributed by atoms with Gasteiger partial charge in [-0.3, -0.25) is 9.59 Å². The van der Waals surface area contributed by atoms with Crippen LogP contribution >= 0.6 is 0 Å². The van der Waals surface area contributed by atoms with E-state index in [0.29, 0.717) is 19.4 Å². The summed E-state index contributed by atoms with van der Waals surface area (Å²) < 4.78 is 0. The van der Waals surface area contributed by atoms with Gasteiger partial charge in [-0.2, -0.15) is 0 Å². The summed E-state index contributed by atoms with van der Waals surface area (Å²) in [7, 11) is 0. The Bertz CT molecular complexity index is 439. The number of nitrogens with one attached hydrogen (secondary N) is 2. The van der Waals surface area contributed by atoms with Crippen molar-refractivity contribution in [2.45, 2.75) is 154 Å². The summed E-state index contributed by atoms with van der Waals surface area (Å²) in [6.45, 7) is 2.97. The van der Waals surface area contributed by atoms with Gasteiger partial charge in [-0.1, -0.05) is 116 Å². The number of amides is 2. The summed E-state index contributed by atoms with van der Waals surface area (Å²) in [5, 5.41) is 5.97. The van der Waals surface area contributed by atoms with Crippen molar-refractivity contribution < 1.29 is 9.59 Å². The van der Waals surface area contributed by atoms with E-state index in [2.05, 4.69) is 17.6 Å². The van der Waals surface area contributed by atoms with E-state index in [1.54, 1.807) is 0 Å². The lowest BCUT2D eigenvalue weighted by molar-refractivity contribution is -0.123. The monoisotopic (exact) mass is 436 g/mol. The zero-order valence-electron chi connectivity index (χ0n) is 20.7. The molecule has 0 bridgehead atoms. The maximum absolute atomic E-state index is 12.1. The molecule has 0 aliphatic carbocycles. The Balaban J connectivity index is 1.76. The first kappa shape index (κ1) is 28.0. The van der Waals surface area contributed by atoms with Crippen molar-refractivity contribution in [3.05, 3.63) is 0 Å². The van der Waals surface area contributed by atoms with Gasteiger partial charge < -0.3 is 10.6 Å². The van der Waals surface area contributed by atoms with Crippen molar-refractivity contribution in [2.24, 2.45) is 0 Å². The highest BCUT2D eigenvalue weighted by molar-refractivity contribution is 5.77. The van der Waals surface area contributed by atoms with Gasteiger partial charge in [0.05, 0.1) is 0 Å².